The lowest BCUT2D eigenvalue weighted by molar-refractivity contribution is -0.152. The number of nitrogens with zero attached hydrogens (tertiary/aromatic N) is 3. The third kappa shape index (κ3) is 6.80. The lowest BCUT2D eigenvalue weighted by Gasteiger charge is -2.47. The van der Waals surface area contributed by atoms with Crippen LogP contribution >= 0.6 is 0 Å². The minimum absolute atomic E-state index is 0.102. The summed E-state index contributed by atoms with van der Waals surface area (Å²) >= 11 is 0. The first kappa shape index (κ1) is 27.8. The number of carbonyl (C=O) groups is 3. The molecular weight excluding hydrogens is 499 g/mol. The quantitative estimate of drug-likeness (QED) is 0.325. The van der Waals surface area contributed by atoms with Gasteiger partial charge in [0.2, 0.25) is 5.91 Å². The maximum atomic E-state index is 13.8. The van der Waals surface area contributed by atoms with Gasteiger partial charge in [0.05, 0.1) is 17.9 Å². The lowest BCUT2D eigenvalue weighted by atomic mass is 9.78. The van der Waals surface area contributed by atoms with Crippen LogP contribution in [0.2, 0.25) is 0 Å². The van der Waals surface area contributed by atoms with Gasteiger partial charge < -0.3 is 20.1 Å². The second-order valence-corrected chi connectivity index (χ2v) is 9.94. The highest BCUT2D eigenvalue weighted by atomic mass is 19.1. The lowest BCUT2D eigenvalue weighted by Crippen LogP contribution is -2.64. The van der Waals surface area contributed by atoms with E-state index >= 15 is 0 Å². The Balaban J connectivity index is 1.65. The molecular formula is C30H33FN4O4. The van der Waals surface area contributed by atoms with E-state index in [0.29, 0.717) is 6.54 Å². The molecule has 1 heterocycles. The number of hydrogen-bond acceptors (Lipinski definition) is 5. The van der Waals surface area contributed by atoms with Gasteiger partial charge in [-0.1, -0.05) is 54.6 Å². The number of rotatable bonds is 9. The van der Waals surface area contributed by atoms with Gasteiger partial charge >= 0.3 is 6.03 Å². The number of urea groups is 1. The van der Waals surface area contributed by atoms with Gasteiger partial charge in [0, 0.05) is 33.7 Å². The molecule has 0 bridgehead atoms. The zero-order chi connectivity index (χ0) is 27.9. The highest BCUT2D eigenvalue weighted by Crippen LogP contribution is 2.32. The van der Waals surface area contributed by atoms with E-state index in [1.54, 1.807) is 48.3 Å². The molecule has 0 aromatic heterocycles. The molecule has 3 aromatic carbocycles. The molecule has 2 N–H and O–H groups in total. The maximum Gasteiger partial charge on any atom is 0.332 e. The molecule has 1 fully saturated rings. The fourth-order valence-electron chi connectivity index (χ4n) is 5.08. The van der Waals surface area contributed by atoms with E-state index in [0.717, 1.165) is 23.0 Å². The third-order valence-corrected chi connectivity index (χ3v) is 7.02. The summed E-state index contributed by atoms with van der Waals surface area (Å²) < 4.78 is 13.5. The highest BCUT2D eigenvalue weighted by Gasteiger charge is 2.46. The second-order valence-electron chi connectivity index (χ2n) is 9.94. The number of amides is 3. The van der Waals surface area contributed by atoms with E-state index in [1.165, 1.54) is 29.3 Å². The van der Waals surface area contributed by atoms with Gasteiger partial charge in [-0.2, -0.15) is 0 Å². The number of benzene rings is 3. The first-order valence-electron chi connectivity index (χ1n) is 12.8. The monoisotopic (exact) mass is 532 g/mol. The summed E-state index contributed by atoms with van der Waals surface area (Å²) in [7, 11) is 3.44. The Labute approximate surface area is 227 Å². The molecule has 9 heteroatoms. The van der Waals surface area contributed by atoms with Gasteiger partial charge in [-0.3, -0.25) is 9.80 Å². The number of phenolic OH excluding ortho intramolecular Hbond substituents is 1. The Hall–Kier alpha value is -4.24. The van der Waals surface area contributed by atoms with Crippen molar-refractivity contribution in [1.29, 1.82) is 0 Å². The predicted octanol–water partition coefficient (Wildman–Crippen LogP) is 3.60. The molecule has 39 heavy (non-hydrogen) atoms. The molecule has 3 aromatic rings. The summed E-state index contributed by atoms with van der Waals surface area (Å²) in [5.41, 5.74) is 2.45. The number of carbonyl (C=O) groups excluding carboxylic acids is 3. The molecule has 1 aliphatic heterocycles. The summed E-state index contributed by atoms with van der Waals surface area (Å²) in [5.74, 6) is -2.01. The van der Waals surface area contributed by atoms with Crippen LogP contribution in [0, 0.1) is 17.7 Å². The Bertz CT molecular complexity index is 1270. The van der Waals surface area contributed by atoms with Crippen LogP contribution in [0.15, 0.2) is 78.9 Å². The first-order chi connectivity index (χ1) is 18.8. The van der Waals surface area contributed by atoms with E-state index in [-0.39, 0.29) is 43.0 Å². The number of aldehydes is 1. The summed E-state index contributed by atoms with van der Waals surface area (Å²) in [4.78, 5) is 41.5. The minimum atomic E-state index is -0.777. The van der Waals surface area contributed by atoms with Crippen molar-refractivity contribution in [2.24, 2.45) is 11.8 Å². The van der Waals surface area contributed by atoms with E-state index in [1.807, 2.05) is 30.3 Å². The van der Waals surface area contributed by atoms with Gasteiger partial charge in [0.15, 0.2) is 0 Å². The summed E-state index contributed by atoms with van der Waals surface area (Å²) in [5, 5.41) is 15.8. The average Bonchev–Trinajstić information content (AvgIpc) is 2.93. The van der Waals surface area contributed by atoms with E-state index < -0.39 is 17.9 Å². The van der Waals surface area contributed by atoms with Gasteiger partial charge in [0.1, 0.15) is 17.9 Å². The number of aromatic hydroxyl groups is 1. The van der Waals surface area contributed by atoms with Gasteiger partial charge in [-0.15, -0.1) is 0 Å². The molecule has 0 radical (unpaired) electrons. The van der Waals surface area contributed by atoms with Crippen molar-refractivity contribution >= 4 is 18.2 Å². The van der Waals surface area contributed by atoms with Gasteiger partial charge in [-0.05, 0) is 47.4 Å². The summed E-state index contributed by atoms with van der Waals surface area (Å²) in [6, 6.07) is 20.9. The van der Waals surface area contributed by atoms with Crippen molar-refractivity contribution in [2.75, 3.05) is 20.6 Å². The largest absolute Gasteiger partial charge is 0.508 e. The number of nitrogens with one attached hydrogen (secondary N) is 1. The fraction of sp³-hybridized carbons (Fsp3) is 0.300. The van der Waals surface area contributed by atoms with Crippen LogP contribution in [0.1, 0.15) is 16.7 Å². The van der Waals surface area contributed by atoms with E-state index in [2.05, 4.69) is 5.32 Å². The van der Waals surface area contributed by atoms with E-state index in [9.17, 15) is 23.9 Å². The zero-order valence-corrected chi connectivity index (χ0v) is 22.0. The fourth-order valence-corrected chi connectivity index (χ4v) is 5.08. The van der Waals surface area contributed by atoms with Crippen molar-refractivity contribution in [3.8, 4) is 5.75 Å². The highest BCUT2D eigenvalue weighted by molar-refractivity contribution is 5.85. The van der Waals surface area contributed by atoms with Crippen molar-refractivity contribution in [3.05, 3.63) is 101 Å². The zero-order valence-electron chi connectivity index (χ0n) is 22.0. The van der Waals surface area contributed by atoms with Crippen molar-refractivity contribution < 1.29 is 23.9 Å². The normalized spacial score (nSPS) is 19.1. The molecule has 4 rings (SSSR count). The molecule has 1 saturated heterocycles. The number of hydrazine groups is 1. The molecule has 3 atom stereocenters. The first-order valence-corrected chi connectivity index (χ1v) is 12.8. The standard InChI is InChI=1S/C30H33FN4O4/c1-33(2)35(30(39)32-17-22-6-4-3-5-7-22)28-19-34(18-23-8-12-24(31)13-9-23)29(38)26(27(28)20-36)16-21-10-14-25(37)15-11-21/h3-15,20,26-28,37H,16-19H2,1-2H3,(H,32,39)/t26-,27?,28?/m1/s1. The van der Waals surface area contributed by atoms with Crippen LogP contribution in [0.3, 0.4) is 0 Å². The van der Waals surface area contributed by atoms with Crippen molar-refractivity contribution in [1.82, 2.24) is 20.2 Å². The molecule has 0 aliphatic carbocycles. The van der Waals surface area contributed by atoms with Crippen molar-refractivity contribution in [3.63, 3.8) is 0 Å². The number of likely N-dealkylation sites (tertiary alicyclic amines) is 1. The Morgan fingerprint density at radius 3 is 2.26 bits per heavy atom. The molecule has 1 aliphatic rings. The third-order valence-electron chi connectivity index (χ3n) is 7.02. The number of phenols is 1. The van der Waals surface area contributed by atoms with Crippen LogP contribution in [-0.2, 0) is 29.1 Å². The molecule has 2 unspecified atom stereocenters. The average molecular weight is 533 g/mol. The maximum absolute atomic E-state index is 13.8. The minimum Gasteiger partial charge on any atom is -0.508 e. The van der Waals surface area contributed by atoms with Crippen LogP contribution in [0.4, 0.5) is 9.18 Å². The number of halogens is 1. The predicted molar refractivity (Wildman–Crippen MR) is 145 cm³/mol. The van der Waals surface area contributed by atoms with Crippen LogP contribution in [0.25, 0.3) is 0 Å². The molecule has 0 spiro atoms. The molecule has 3 amide bonds. The van der Waals surface area contributed by atoms with Crippen LogP contribution in [-0.4, -0.2) is 64.9 Å². The van der Waals surface area contributed by atoms with Crippen LogP contribution in [0.5, 0.6) is 5.75 Å². The van der Waals surface area contributed by atoms with E-state index in [4.69, 9.17) is 0 Å². The summed E-state index contributed by atoms with van der Waals surface area (Å²) in [6.07, 6.45) is 1.02. The Morgan fingerprint density at radius 2 is 1.64 bits per heavy atom. The molecule has 0 saturated carbocycles. The van der Waals surface area contributed by atoms with Gasteiger partial charge in [-0.25, -0.2) is 14.2 Å². The smallest absolute Gasteiger partial charge is 0.332 e. The van der Waals surface area contributed by atoms with Crippen molar-refractivity contribution in [2.45, 2.75) is 25.6 Å². The Morgan fingerprint density at radius 1 is 1.00 bits per heavy atom. The van der Waals surface area contributed by atoms with Gasteiger partial charge in [0.25, 0.3) is 0 Å². The number of piperidine rings is 1. The molecule has 8 nitrogen and oxygen atoms in total. The second kappa shape index (κ2) is 12.5. The Kier molecular flexibility index (Phi) is 8.93. The number of hydrogen-bond donors (Lipinski definition) is 2. The molecule has 204 valence electrons. The summed E-state index contributed by atoms with van der Waals surface area (Å²) in [6.45, 7) is 0.639. The SMILES string of the molecule is CN(C)N(C(=O)NCc1ccccc1)C1CN(Cc2ccc(F)cc2)C(=O)[C@H](Cc2ccc(O)cc2)C1C=O. The topological polar surface area (TPSA) is 93.2 Å². The van der Waals surface area contributed by atoms with Crippen LogP contribution < -0.4 is 5.32 Å².